The van der Waals surface area contributed by atoms with Crippen molar-refractivity contribution in [3.05, 3.63) is 58.1 Å². The molecule has 0 bridgehead atoms. The number of halogens is 4. The fourth-order valence-corrected chi connectivity index (χ4v) is 2.67. The first kappa shape index (κ1) is 13.7. The summed E-state index contributed by atoms with van der Waals surface area (Å²) in [7, 11) is 0. The molecule has 0 aliphatic heterocycles. The summed E-state index contributed by atoms with van der Waals surface area (Å²) in [5.41, 5.74) is 1.97. The number of aromatic nitrogens is 2. The largest absolute Gasteiger partial charge is 0.294 e. The standard InChI is InChI=1S/C14H8Cl3FN2/c15-7-14-19-11-5-8(16)1-4-12(11)20(14)13-6-9(18)2-3-10(13)17/h1-6H,7H2. The van der Waals surface area contributed by atoms with Gasteiger partial charge >= 0.3 is 0 Å². The van der Waals surface area contributed by atoms with E-state index in [1.54, 1.807) is 16.7 Å². The van der Waals surface area contributed by atoms with Crippen molar-refractivity contribution in [2.75, 3.05) is 0 Å². The zero-order valence-corrected chi connectivity index (χ0v) is 12.3. The summed E-state index contributed by atoms with van der Waals surface area (Å²) < 4.78 is 15.2. The molecule has 6 heteroatoms. The van der Waals surface area contributed by atoms with Crippen molar-refractivity contribution in [3.63, 3.8) is 0 Å². The SMILES string of the molecule is Fc1ccc(Cl)c(-n2c(CCl)nc3cc(Cl)ccc32)c1. The van der Waals surface area contributed by atoms with E-state index in [2.05, 4.69) is 4.98 Å². The zero-order chi connectivity index (χ0) is 14.3. The lowest BCUT2D eigenvalue weighted by atomic mass is 10.2. The minimum absolute atomic E-state index is 0.180. The number of imidazole rings is 1. The van der Waals surface area contributed by atoms with Gasteiger partial charge in [-0.3, -0.25) is 4.57 Å². The molecule has 0 aliphatic carbocycles. The Bertz CT molecular complexity index is 798. The van der Waals surface area contributed by atoms with Crippen molar-refractivity contribution in [1.82, 2.24) is 9.55 Å². The lowest BCUT2D eigenvalue weighted by molar-refractivity contribution is 0.626. The lowest BCUT2D eigenvalue weighted by Gasteiger charge is -2.10. The van der Waals surface area contributed by atoms with Gasteiger partial charge in [-0.2, -0.15) is 0 Å². The normalized spacial score (nSPS) is 11.2. The second-order valence-corrected chi connectivity index (χ2v) is 5.34. The molecule has 0 N–H and O–H groups in total. The summed E-state index contributed by atoms with van der Waals surface area (Å²) >= 11 is 18.1. The van der Waals surface area contributed by atoms with E-state index in [0.29, 0.717) is 27.1 Å². The van der Waals surface area contributed by atoms with Crippen molar-refractivity contribution in [3.8, 4) is 5.69 Å². The van der Waals surface area contributed by atoms with Crippen LogP contribution in [-0.2, 0) is 5.88 Å². The Hall–Kier alpha value is -1.29. The molecule has 0 saturated carbocycles. The molecule has 2 aromatic carbocycles. The Morgan fingerprint density at radius 1 is 1.10 bits per heavy atom. The number of nitrogens with zero attached hydrogens (tertiary/aromatic N) is 2. The number of alkyl halides is 1. The van der Waals surface area contributed by atoms with Gasteiger partial charge in [0.1, 0.15) is 11.6 Å². The Kier molecular flexibility index (Phi) is 3.59. The highest BCUT2D eigenvalue weighted by Gasteiger charge is 2.15. The van der Waals surface area contributed by atoms with Crippen LogP contribution in [-0.4, -0.2) is 9.55 Å². The van der Waals surface area contributed by atoms with Crippen LogP contribution in [0.3, 0.4) is 0 Å². The van der Waals surface area contributed by atoms with Gasteiger partial charge in [-0.05, 0) is 36.4 Å². The van der Waals surface area contributed by atoms with Crippen molar-refractivity contribution in [1.29, 1.82) is 0 Å². The summed E-state index contributed by atoms with van der Waals surface area (Å²) in [5.74, 6) is 0.385. The first-order valence-corrected chi connectivity index (χ1v) is 7.07. The Morgan fingerprint density at radius 3 is 2.65 bits per heavy atom. The van der Waals surface area contributed by atoms with Crippen LogP contribution in [0, 0.1) is 5.82 Å². The zero-order valence-electron chi connectivity index (χ0n) is 10.1. The van der Waals surface area contributed by atoms with Gasteiger partial charge in [0.2, 0.25) is 0 Å². The first-order valence-electron chi connectivity index (χ1n) is 5.78. The van der Waals surface area contributed by atoms with E-state index in [1.807, 2.05) is 6.07 Å². The Labute approximate surface area is 129 Å². The summed E-state index contributed by atoms with van der Waals surface area (Å²) in [4.78, 5) is 4.40. The number of rotatable bonds is 2. The minimum atomic E-state index is -0.374. The van der Waals surface area contributed by atoms with Crippen molar-refractivity contribution < 1.29 is 4.39 Å². The van der Waals surface area contributed by atoms with Gasteiger partial charge < -0.3 is 0 Å². The fourth-order valence-electron chi connectivity index (χ4n) is 2.12. The molecule has 0 unspecified atom stereocenters. The monoisotopic (exact) mass is 328 g/mol. The van der Waals surface area contributed by atoms with E-state index in [-0.39, 0.29) is 11.7 Å². The van der Waals surface area contributed by atoms with E-state index < -0.39 is 0 Å². The second-order valence-electron chi connectivity index (χ2n) is 4.23. The van der Waals surface area contributed by atoms with Crippen LogP contribution >= 0.6 is 34.8 Å². The summed E-state index contributed by atoms with van der Waals surface area (Å²) in [6.07, 6.45) is 0. The molecule has 2 nitrogen and oxygen atoms in total. The van der Waals surface area contributed by atoms with Crippen LogP contribution in [0.5, 0.6) is 0 Å². The summed E-state index contributed by atoms with van der Waals surface area (Å²) in [6.45, 7) is 0. The van der Waals surface area contributed by atoms with E-state index in [4.69, 9.17) is 34.8 Å². The predicted molar refractivity (Wildman–Crippen MR) is 80.6 cm³/mol. The number of fused-ring (bicyclic) bond motifs is 1. The maximum atomic E-state index is 13.5. The molecule has 0 radical (unpaired) electrons. The fraction of sp³-hybridized carbons (Fsp3) is 0.0714. The molecule has 20 heavy (non-hydrogen) atoms. The highest BCUT2D eigenvalue weighted by molar-refractivity contribution is 6.32. The van der Waals surface area contributed by atoms with E-state index in [0.717, 1.165) is 5.52 Å². The smallest absolute Gasteiger partial charge is 0.129 e. The molecule has 0 atom stereocenters. The van der Waals surface area contributed by atoms with Crippen LogP contribution in [0.1, 0.15) is 5.82 Å². The van der Waals surface area contributed by atoms with Crippen molar-refractivity contribution >= 4 is 45.8 Å². The third kappa shape index (κ3) is 2.26. The number of hydrogen-bond donors (Lipinski definition) is 0. The lowest BCUT2D eigenvalue weighted by Crippen LogP contribution is -2.00. The van der Waals surface area contributed by atoms with Crippen LogP contribution in [0.2, 0.25) is 10.0 Å². The van der Waals surface area contributed by atoms with Crippen molar-refractivity contribution in [2.45, 2.75) is 5.88 Å². The molecular weight excluding hydrogens is 322 g/mol. The van der Waals surface area contributed by atoms with Gasteiger partial charge in [0, 0.05) is 5.02 Å². The molecule has 1 aromatic heterocycles. The molecule has 0 fully saturated rings. The third-order valence-corrected chi connectivity index (χ3v) is 3.75. The van der Waals surface area contributed by atoms with Gasteiger partial charge in [0.25, 0.3) is 0 Å². The molecule has 3 aromatic rings. The average Bonchev–Trinajstić information content (AvgIpc) is 2.78. The highest BCUT2D eigenvalue weighted by Crippen LogP contribution is 2.29. The second kappa shape index (κ2) is 5.24. The summed E-state index contributed by atoms with van der Waals surface area (Å²) in [5, 5.41) is 1.00. The minimum Gasteiger partial charge on any atom is -0.294 e. The van der Waals surface area contributed by atoms with E-state index in [9.17, 15) is 4.39 Å². The molecule has 0 amide bonds. The third-order valence-electron chi connectivity index (χ3n) is 2.95. The van der Waals surface area contributed by atoms with E-state index >= 15 is 0 Å². The van der Waals surface area contributed by atoms with Crippen molar-refractivity contribution in [2.24, 2.45) is 0 Å². The van der Waals surface area contributed by atoms with Crippen LogP contribution in [0.25, 0.3) is 16.7 Å². The summed E-state index contributed by atoms with van der Waals surface area (Å²) in [6, 6.07) is 9.45. The van der Waals surface area contributed by atoms with Gasteiger partial charge in [-0.25, -0.2) is 9.37 Å². The highest BCUT2D eigenvalue weighted by atomic mass is 35.5. The van der Waals surface area contributed by atoms with Gasteiger partial charge in [0.05, 0.1) is 27.6 Å². The predicted octanol–water partition coefficient (Wildman–Crippen LogP) is 5.21. The number of benzene rings is 2. The van der Waals surface area contributed by atoms with E-state index in [1.165, 1.54) is 18.2 Å². The van der Waals surface area contributed by atoms with Gasteiger partial charge in [-0.15, -0.1) is 11.6 Å². The Morgan fingerprint density at radius 2 is 1.90 bits per heavy atom. The average molecular weight is 330 g/mol. The Balaban J connectivity index is 2.37. The van der Waals surface area contributed by atoms with Gasteiger partial charge in [0.15, 0.2) is 0 Å². The molecule has 0 spiro atoms. The molecule has 3 rings (SSSR count). The molecule has 1 heterocycles. The topological polar surface area (TPSA) is 17.8 Å². The molecule has 102 valence electrons. The molecular formula is C14H8Cl3FN2. The molecule has 0 saturated heterocycles. The van der Waals surface area contributed by atoms with Crippen LogP contribution < -0.4 is 0 Å². The maximum Gasteiger partial charge on any atom is 0.129 e. The van der Waals surface area contributed by atoms with Crippen LogP contribution in [0.15, 0.2) is 36.4 Å². The quantitative estimate of drug-likeness (QED) is 0.590. The van der Waals surface area contributed by atoms with Gasteiger partial charge in [-0.1, -0.05) is 23.2 Å². The first-order chi connectivity index (χ1) is 9.60. The van der Waals surface area contributed by atoms with Crippen LogP contribution in [0.4, 0.5) is 4.39 Å². The maximum absolute atomic E-state index is 13.5. The molecule has 0 aliphatic rings. The number of hydrogen-bond acceptors (Lipinski definition) is 1.